The van der Waals surface area contributed by atoms with Crippen molar-refractivity contribution >= 4 is 52.3 Å². The first-order chi connectivity index (χ1) is 45.4. The number of fused-ring (bicyclic) bond motifs is 8. The van der Waals surface area contributed by atoms with Crippen molar-refractivity contribution in [3.8, 4) is 67.5 Å². The molecule has 2 aliphatic heterocycles. The number of aromatic nitrogens is 4. The van der Waals surface area contributed by atoms with Crippen LogP contribution in [0.4, 0.5) is 0 Å². The minimum Gasteiger partial charge on any atom is -0.494 e. The Morgan fingerprint density at radius 1 is 0.304 bits per heavy atom. The average molecular weight is 1240 g/mol. The lowest BCUT2D eigenvalue weighted by Crippen LogP contribution is -2.09. The van der Waals surface area contributed by atoms with Crippen LogP contribution in [-0.4, -0.2) is 57.4 Å². The van der Waals surface area contributed by atoms with E-state index < -0.39 is 12.6 Å². The largest absolute Gasteiger partial charge is 0.494 e. The quantitative estimate of drug-likeness (QED) is 0.0322. The summed E-state index contributed by atoms with van der Waals surface area (Å²) in [5.74, 6) is 1.99. The van der Waals surface area contributed by atoms with E-state index in [0.29, 0.717) is 25.6 Å². The summed E-state index contributed by atoms with van der Waals surface area (Å²) in [6, 6.07) is 41.6. The highest BCUT2D eigenvalue weighted by Crippen LogP contribution is 2.40. The SMILES string of the molecule is CCCCCCCCCCCCOc1ccc(-c2c3nc(c(-c4ccc(OCCCCCCCCCCCC)cc4)c4ccc([nH]4)c(-c4ccc(OCC(=O)O)cc4)c4nc(c(-c5ccc(OCCCCCCCCCCCC)cc5)c5ccc2[nH]5)C=C4)C=C3)cc1. The average Bonchev–Trinajstić information content (AvgIpc) is 1.68. The summed E-state index contributed by atoms with van der Waals surface area (Å²) in [6.45, 7) is 8.48. The summed E-state index contributed by atoms with van der Waals surface area (Å²) < 4.78 is 24.7. The molecule has 0 saturated heterocycles. The number of aromatic amines is 2. The fourth-order valence-corrected chi connectivity index (χ4v) is 12.8. The first kappa shape index (κ1) is 68.5. The van der Waals surface area contributed by atoms with Gasteiger partial charge in [0, 0.05) is 44.3 Å². The van der Waals surface area contributed by atoms with E-state index in [1.54, 1.807) is 0 Å². The molecule has 8 bridgehead atoms. The smallest absolute Gasteiger partial charge is 0.341 e. The Labute approximate surface area is 549 Å². The van der Waals surface area contributed by atoms with Crippen molar-refractivity contribution in [2.45, 2.75) is 213 Å². The van der Waals surface area contributed by atoms with Gasteiger partial charge in [-0.1, -0.05) is 243 Å². The van der Waals surface area contributed by atoms with Crippen LogP contribution in [0.3, 0.4) is 0 Å². The van der Waals surface area contributed by atoms with Gasteiger partial charge in [0.25, 0.3) is 0 Å². The maximum absolute atomic E-state index is 11.5. The van der Waals surface area contributed by atoms with Gasteiger partial charge in [0.05, 0.1) is 42.6 Å². The molecule has 5 heterocycles. The zero-order chi connectivity index (χ0) is 63.8. The maximum atomic E-state index is 11.5. The molecular weight excluding hydrogens is 1140 g/mol. The van der Waals surface area contributed by atoms with Crippen LogP contribution in [0, 0.1) is 0 Å². The topological polar surface area (TPSA) is 132 Å². The highest BCUT2D eigenvalue weighted by atomic mass is 16.5. The molecule has 0 spiro atoms. The fraction of sp³-hybridized carbons (Fsp3) is 0.451. The summed E-state index contributed by atoms with van der Waals surface area (Å²) >= 11 is 0. The summed E-state index contributed by atoms with van der Waals surface area (Å²) in [6.07, 6.45) is 47.0. The van der Waals surface area contributed by atoms with E-state index in [4.69, 9.17) is 28.9 Å². The number of ether oxygens (including phenoxy) is 4. The molecule has 3 N–H and O–H groups in total. The number of unbranched alkanes of at least 4 members (excludes halogenated alkanes) is 27. The molecule has 0 radical (unpaired) electrons. The van der Waals surface area contributed by atoms with Crippen molar-refractivity contribution in [3.63, 3.8) is 0 Å². The summed E-state index contributed by atoms with van der Waals surface area (Å²) in [5.41, 5.74) is 14.4. The van der Waals surface area contributed by atoms with Crippen molar-refractivity contribution in [2.24, 2.45) is 0 Å². The van der Waals surface area contributed by atoms with Gasteiger partial charge in [-0.05, 0) is 139 Å². The van der Waals surface area contributed by atoms with Gasteiger partial charge in [0.15, 0.2) is 6.61 Å². The fourth-order valence-electron chi connectivity index (χ4n) is 12.8. The standard InChI is InChI=1S/C82H104N4O6/c1-4-7-10-13-16-19-22-25-28-31-58-89-66-42-34-62(35-43-66)79-70-50-52-72(83-70)80(63-36-44-67(45-37-63)90-59-32-29-26-23-20-17-14-11-8-5-2)74-54-56-76(85-74)82(65-40-48-69(49-41-65)92-61-78(87)88)77-57-55-75(86-77)81(73-53-51-71(79)84-73)64-38-46-68(47-39-64)91-60-33-30-27-24-21-18-15-12-9-6-3/h34-57,83,86H,4-33,58-61H2,1-3H3,(H,87,88). The monoisotopic (exact) mass is 1240 g/mol. The number of hydrogen-bond donors (Lipinski definition) is 3. The van der Waals surface area contributed by atoms with Gasteiger partial charge in [-0.3, -0.25) is 0 Å². The molecule has 2 aliphatic rings. The van der Waals surface area contributed by atoms with Crippen molar-refractivity contribution in [2.75, 3.05) is 26.4 Å². The van der Waals surface area contributed by atoms with E-state index in [0.717, 1.165) is 126 Å². The van der Waals surface area contributed by atoms with Crippen LogP contribution < -0.4 is 18.9 Å². The first-order valence-electron chi connectivity index (χ1n) is 35.7. The number of carboxylic acids is 1. The molecule has 3 aromatic heterocycles. The molecule has 10 heteroatoms. The molecule has 0 atom stereocenters. The number of nitrogens with one attached hydrogen (secondary N) is 2. The maximum Gasteiger partial charge on any atom is 0.341 e. The normalized spacial score (nSPS) is 11.8. The van der Waals surface area contributed by atoms with Crippen molar-refractivity contribution in [1.82, 2.24) is 19.9 Å². The predicted molar refractivity (Wildman–Crippen MR) is 386 cm³/mol. The Kier molecular flexibility index (Phi) is 28.5. The number of benzene rings is 4. The summed E-state index contributed by atoms with van der Waals surface area (Å²) in [5, 5.41) is 9.42. The Morgan fingerprint density at radius 2 is 0.522 bits per heavy atom. The van der Waals surface area contributed by atoms with E-state index in [-0.39, 0.29) is 0 Å². The van der Waals surface area contributed by atoms with Crippen LogP contribution in [-0.2, 0) is 4.79 Å². The molecule has 10 nitrogen and oxygen atoms in total. The molecule has 0 fully saturated rings. The van der Waals surface area contributed by atoms with Gasteiger partial charge >= 0.3 is 5.97 Å². The van der Waals surface area contributed by atoms with Gasteiger partial charge in [0.2, 0.25) is 0 Å². The lowest BCUT2D eigenvalue weighted by molar-refractivity contribution is -0.139. The van der Waals surface area contributed by atoms with Gasteiger partial charge in [-0.2, -0.15) is 0 Å². The molecule has 0 aliphatic carbocycles. The predicted octanol–water partition coefficient (Wildman–Crippen LogP) is 23.7. The van der Waals surface area contributed by atoms with Crippen LogP contribution >= 0.6 is 0 Å². The second-order valence-corrected chi connectivity index (χ2v) is 25.4. The number of hydrogen-bond acceptors (Lipinski definition) is 7. The molecule has 7 aromatic rings. The summed E-state index contributed by atoms with van der Waals surface area (Å²) in [7, 11) is 0. The third kappa shape index (κ3) is 21.1. The first-order valence-corrected chi connectivity index (χ1v) is 35.7. The number of nitrogens with zero attached hydrogens (tertiary/aromatic N) is 2. The Morgan fingerprint density at radius 3 is 0.750 bits per heavy atom. The van der Waals surface area contributed by atoms with Gasteiger partial charge < -0.3 is 34.0 Å². The number of carbonyl (C=O) groups is 1. The van der Waals surface area contributed by atoms with E-state index in [9.17, 15) is 9.90 Å². The molecule has 4 aromatic carbocycles. The second kappa shape index (κ2) is 38.2. The zero-order valence-corrected chi connectivity index (χ0v) is 55.8. The lowest BCUT2D eigenvalue weighted by atomic mass is 10.0. The minimum absolute atomic E-state index is 0.433. The number of carboxylic acid groups (broad SMARTS) is 1. The molecule has 0 saturated carbocycles. The van der Waals surface area contributed by atoms with Gasteiger partial charge in [0.1, 0.15) is 23.0 Å². The van der Waals surface area contributed by atoms with Crippen molar-refractivity contribution < 1.29 is 28.8 Å². The molecule has 0 amide bonds. The molecule has 488 valence electrons. The molecule has 0 unspecified atom stereocenters. The minimum atomic E-state index is -1.03. The van der Waals surface area contributed by atoms with Crippen LogP contribution in [0.25, 0.3) is 90.9 Å². The van der Waals surface area contributed by atoms with Crippen molar-refractivity contribution in [1.29, 1.82) is 0 Å². The number of aliphatic carboxylic acids is 1. The van der Waals surface area contributed by atoms with E-state index in [2.05, 4.69) is 152 Å². The van der Waals surface area contributed by atoms with E-state index in [1.165, 1.54) is 173 Å². The summed E-state index contributed by atoms with van der Waals surface area (Å²) in [4.78, 5) is 30.4. The number of rotatable bonds is 43. The van der Waals surface area contributed by atoms with Gasteiger partial charge in [-0.15, -0.1) is 0 Å². The van der Waals surface area contributed by atoms with Crippen LogP contribution in [0.2, 0.25) is 0 Å². The second-order valence-electron chi connectivity index (χ2n) is 25.4. The molecule has 92 heavy (non-hydrogen) atoms. The Bertz CT molecular complexity index is 3490. The van der Waals surface area contributed by atoms with E-state index in [1.807, 2.05) is 24.3 Å². The third-order valence-corrected chi connectivity index (χ3v) is 18.0. The Balaban J connectivity index is 1.07. The Hall–Kier alpha value is -7.85. The highest BCUT2D eigenvalue weighted by Gasteiger charge is 2.20. The van der Waals surface area contributed by atoms with Crippen LogP contribution in [0.15, 0.2) is 121 Å². The van der Waals surface area contributed by atoms with Gasteiger partial charge in [-0.25, -0.2) is 14.8 Å². The highest BCUT2D eigenvalue weighted by molar-refractivity contribution is 6.00. The molecule has 9 rings (SSSR count). The number of H-pyrrole nitrogens is 2. The lowest BCUT2D eigenvalue weighted by Gasteiger charge is -2.10. The third-order valence-electron chi connectivity index (χ3n) is 18.0. The van der Waals surface area contributed by atoms with Crippen LogP contribution in [0.1, 0.15) is 236 Å². The van der Waals surface area contributed by atoms with Crippen LogP contribution in [0.5, 0.6) is 23.0 Å². The van der Waals surface area contributed by atoms with E-state index >= 15 is 0 Å². The zero-order valence-electron chi connectivity index (χ0n) is 55.8. The molecular formula is C82H104N4O6. The van der Waals surface area contributed by atoms with Crippen molar-refractivity contribution in [3.05, 3.63) is 144 Å².